The molecule has 2 amide bonds. The monoisotopic (exact) mass is 490 g/mol. The van der Waals surface area contributed by atoms with E-state index in [1.807, 2.05) is 30.3 Å². The summed E-state index contributed by atoms with van der Waals surface area (Å²) in [4.78, 5) is 49.7. The average Bonchev–Trinajstić information content (AvgIpc) is 2.92. The van der Waals surface area contributed by atoms with Crippen LogP contribution in [0.3, 0.4) is 0 Å². The lowest BCUT2D eigenvalue weighted by atomic mass is 10.1. The van der Waals surface area contributed by atoms with Gasteiger partial charge in [0.1, 0.15) is 0 Å². The van der Waals surface area contributed by atoms with Gasteiger partial charge in [0.2, 0.25) is 0 Å². The van der Waals surface area contributed by atoms with Crippen LogP contribution >= 0.6 is 0 Å². The number of hydrazine groups is 1. The van der Waals surface area contributed by atoms with Crippen molar-refractivity contribution in [3.05, 3.63) is 104 Å². The first kappa shape index (κ1) is 24.1. The zero-order valence-electron chi connectivity index (χ0n) is 19.0. The first-order valence-corrected chi connectivity index (χ1v) is 11.0. The Morgan fingerprint density at radius 2 is 1.33 bits per heavy atom. The zero-order chi connectivity index (χ0) is 25.7. The number of nitro groups is 2. The molecule has 3 aromatic carbocycles. The minimum Gasteiger partial charge on any atom is -0.368 e. The van der Waals surface area contributed by atoms with Crippen LogP contribution in [0.25, 0.3) is 0 Å². The molecule has 0 bridgehead atoms. The fraction of sp³-hybridized carbons (Fsp3) is 0.167. The normalized spacial score (nSPS) is 13.1. The van der Waals surface area contributed by atoms with E-state index in [9.17, 15) is 29.8 Å². The summed E-state index contributed by atoms with van der Waals surface area (Å²) in [6.45, 7) is 2.66. The van der Waals surface area contributed by atoms with Crippen LogP contribution in [0, 0.1) is 20.2 Å². The Hall–Kier alpha value is -5.00. The minimum absolute atomic E-state index is 0.0952. The molecule has 0 radical (unpaired) electrons. The molecule has 0 atom stereocenters. The van der Waals surface area contributed by atoms with Gasteiger partial charge in [-0.05, 0) is 36.4 Å². The molecule has 0 aromatic heterocycles. The number of nitro benzene ring substituents is 2. The maximum absolute atomic E-state index is 12.9. The minimum atomic E-state index is -0.811. The highest BCUT2D eigenvalue weighted by Crippen LogP contribution is 2.23. The molecule has 0 aliphatic carbocycles. The number of nitrogens with one attached hydrogen (secondary N) is 2. The van der Waals surface area contributed by atoms with Crippen molar-refractivity contribution in [3.8, 4) is 0 Å². The topological polar surface area (TPSA) is 151 Å². The van der Waals surface area contributed by atoms with Crippen LogP contribution in [0.4, 0.5) is 22.7 Å². The van der Waals surface area contributed by atoms with E-state index in [0.29, 0.717) is 24.3 Å². The quantitative estimate of drug-likeness (QED) is 0.378. The SMILES string of the molecule is O=C(NNc1ccc(C(=O)N2CCN(c3ccccc3)CC2)cc1)c1cc([N+](=O)[O-])cc([N+](=O)[O-])c1. The molecule has 2 N–H and O–H groups in total. The number of rotatable bonds is 7. The number of nitrogens with zero attached hydrogens (tertiary/aromatic N) is 4. The van der Waals surface area contributed by atoms with Crippen LogP contribution in [0.15, 0.2) is 72.8 Å². The molecule has 3 aromatic rings. The average molecular weight is 490 g/mol. The number of hydrogen-bond acceptors (Lipinski definition) is 8. The van der Waals surface area contributed by atoms with E-state index < -0.39 is 27.1 Å². The molecule has 1 saturated heterocycles. The predicted molar refractivity (Wildman–Crippen MR) is 132 cm³/mol. The van der Waals surface area contributed by atoms with Crippen LogP contribution in [0.1, 0.15) is 20.7 Å². The molecule has 1 aliphatic heterocycles. The second kappa shape index (κ2) is 10.5. The Bertz CT molecular complexity index is 1260. The molecular formula is C24H22N6O6. The Balaban J connectivity index is 1.34. The largest absolute Gasteiger partial charge is 0.368 e. The molecule has 184 valence electrons. The van der Waals surface area contributed by atoms with Gasteiger partial charge >= 0.3 is 0 Å². The second-order valence-electron chi connectivity index (χ2n) is 8.02. The van der Waals surface area contributed by atoms with Crippen molar-refractivity contribution in [2.24, 2.45) is 0 Å². The van der Waals surface area contributed by atoms with Crippen molar-refractivity contribution >= 4 is 34.6 Å². The summed E-state index contributed by atoms with van der Waals surface area (Å²) in [6.07, 6.45) is 0. The lowest BCUT2D eigenvalue weighted by Crippen LogP contribution is -2.48. The van der Waals surface area contributed by atoms with Gasteiger partial charge in [-0.25, -0.2) is 0 Å². The maximum atomic E-state index is 12.9. The zero-order valence-corrected chi connectivity index (χ0v) is 19.0. The predicted octanol–water partition coefficient (Wildman–Crippen LogP) is 3.22. The summed E-state index contributed by atoms with van der Waals surface area (Å²) < 4.78 is 0. The van der Waals surface area contributed by atoms with Crippen LogP contribution in [-0.4, -0.2) is 52.7 Å². The smallest absolute Gasteiger partial charge is 0.277 e. The van der Waals surface area contributed by atoms with Gasteiger partial charge in [-0.1, -0.05) is 18.2 Å². The van der Waals surface area contributed by atoms with E-state index in [1.54, 1.807) is 29.2 Å². The van der Waals surface area contributed by atoms with Crippen molar-refractivity contribution in [2.45, 2.75) is 0 Å². The molecule has 12 heteroatoms. The van der Waals surface area contributed by atoms with Gasteiger partial charge in [-0.2, -0.15) is 0 Å². The number of anilines is 2. The summed E-state index contributed by atoms with van der Waals surface area (Å²) >= 11 is 0. The van der Waals surface area contributed by atoms with Crippen molar-refractivity contribution < 1.29 is 19.4 Å². The Labute approximate surface area is 205 Å². The van der Waals surface area contributed by atoms with Crippen molar-refractivity contribution in [1.82, 2.24) is 10.3 Å². The summed E-state index contributed by atoms with van der Waals surface area (Å²) in [5.41, 5.74) is 5.68. The summed E-state index contributed by atoms with van der Waals surface area (Å²) in [5, 5.41) is 22.0. The Morgan fingerprint density at radius 1 is 0.750 bits per heavy atom. The number of hydrogen-bond donors (Lipinski definition) is 2. The lowest BCUT2D eigenvalue weighted by Gasteiger charge is -2.36. The van der Waals surface area contributed by atoms with Crippen LogP contribution in [0.5, 0.6) is 0 Å². The first-order valence-electron chi connectivity index (χ1n) is 11.0. The van der Waals surface area contributed by atoms with Crippen molar-refractivity contribution in [1.29, 1.82) is 0 Å². The van der Waals surface area contributed by atoms with E-state index in [-0.39, 0.29) is 11.5 Å². The van der Waals surface area contributed by atoms with E-state index in [0.717, 1.165) is 37.0 Å². The van der Waals surface area contributed by atoms with Gasteiger partial charge < -0.3 is 9.80 Å². The third kappa shape index (κ3) is 5.55. The van der Waals surface area contributed by atoms with Gasteiger partial charge in [0.15, 0.2) is 0 Å². The summed E-state index contributed by atoms with van der Waals surface area (Å²) in [7, 11) is 0. The highest BCUT2D eigenvalue weighted by molar-refractivity contribution is 5.97. The maximum Gasteiger partial charge on any atom is 0.277 e. The first-order chi connectivity index (χ1) is 17.3. The van der Waals surface area contributed by atoms with E-state index >= 15 is 0 Å². The Kier molecular flexibility index (Phi) is 7.04. The van der Waals surface area contributed by atoms with Crippen molar-refractivity contribution in [3.63, 3.8) is 0 Å². The van der Waals surface area contributed by atoms with Crippen molar-refractivity contribution in [2.75, 3.05) is 36.5 Å². The molecule has 36 heavy (non-hydrogen) atoms. The summed E-state index contributed by atoms with van der Waals surface area (Å²) in [5.74, 6) is -0.888. The molecule has 4 rings (SSSR count). The molecule has 1 aliphatic rings. The van der Waals surface area contributed by atoms with E-state index in [1.165, 1.54) is 0 Å². The second-order valence-corrected chi connectivity index (χ2v) is 8.02. The van der Waals surface area contributed by atoms with Gasteiger partial charge in [0.05, 0.1) is 27.2 Å². The fourth-order valence-corrected chi connectivity index (χ4v) is 3.82. The Morgan fingerprint density at radius 3 is 1.89 bits per heavy atom. The molecule has 0 unspecified atom stereocenters. The number of para-hydroxylation sites is 1. The van der Waals surface area contributed by atoms with Gasteiger partial charge in [0.25, 0.3) is 23.2 Å². The van der Waals surface area contributed by atoms with E-state index in [4.69, 9.17) is 0 Å². The van der Waals surface area contributed by atoms with Gasteiger partial charge in [-0.3, -0.25) is 40.7 Å². The third-order valence-electron chi connectivity index (χ3n) is 5.73. The number of carbonyl (C=O) groups excluding carboxylic acids is 2. The molecule has 12 nitrogen and oxygen atoms in total. The highest BCUT2D eigenvalue weighted by Gasteiger charge is 2.23. The van der Waals surface area contributed by atoms with Crippen LogP contribution in [0.2, 0.25) is 0 Å². The number of non-ortho nitro benzene ring substituents is 2. The molecule has 1 fully saturated rings. The standard InChI is InChI=1S/C24H22N6O6/c31-23(18-14-21(29(33)34)16-22(15-18)30(35)36)26-25-19-8-6-17(7-9-19)24(32)28-12-10-27(11-13-28)20-4-2-1-3-5-20/h1-9,14-16,25H,10-13H2,(H,26,31). The number of amides is 2. The van der Waals surface area contributed by atoms with Gasteiger partial charge in [-0.15, -0.1) is 0 Å². The number of piperazine rings is 1. The van der Waals surface area contributed by atoms with Crippen LogP contribution < -0.4 is 15.8 Å². The molecule has 0 spiro atoms. The van der Waals surface area contributed by atoms with Gasteiger partial charge in [0, 0.05) is 49.6 Å². The highest BCUT2D eigenvalue weighted by atomic mass is 16.6. The lowest BCUT2D eigenvalue weighted by molar-refractivity contribution is -0.394. The third-order valence-corrected chi connectivity index (χ3v) is 5.73. The summed E-state index contributed by atoms with van der Waals surface area (Å²) in [6, 6.07) is 19.1. The fourth-order valence-electron chi connectivity index (χ4n) is 3.82. The van der Waals surface area contributed by atoms with Crippen LogP contribution in [-0.2, 0) is 0 Å². The van der Waals surface area contributed by atoms with E-state index in [2.05, 4.69) is 15.8 Å². The number of carbonyl (C=O) groups is 2. The molecule has 1 heterocycles. The molecule has 0 saturated carbocycles. The number of benzene rings is 3. The molecular weight excluding hydrogens is 468 g/mol.